The molecule has 0 amide bonds. The van der Waals surface area contributed by atoms with E-state index in [-0.39, 0.29) is 12.7 Å². The van der Waals surface area contributed by atoms with E-state index in [1.165, 1.54) is 12.1 Å². The summed E-state index contributed by atoms with van der Waals surface area (Å²) >= 11 is 6.08. The smallest absolute Gasteiger partial charge is 0.329 e. The zero-order valence-corrected chi connectivity index (χ0v) is 19.9. The quantitative estimate of drug-likeness (QED) is 0.458. The Morgan fingerprint density at radius 1 is 1.21 bits per heavy atom. The highest BCUT2D eigenvalue weighted by molar-refractivity contribution is 6.30. The molecule has 1 aromatic rings. The molecule has 0 unspecified atom stereocenters. The lowest BCUT2D eigenvalue weighted by molar-refractivity contribution is -0.145. The minimum Gasteiger partial charge on any atom is -0.480 e. The molecule has 1 aromatic carbocycles. The molecule has 0 spiro atoms. The summed E-state index contributed by atoms with van der Waals surface area (Å²) in [5.41, 5.74) is 4.10. The number of ether oxygens (including phenoxy) is 1. The summed E-state index contributed by atoms with van der Waals surface area (Å²) in [5, 5.41) is 9.59. The van der Waals surface area contributed by atoms with Crippen LogP contribution in [0.15, 0.2) is 59.5 Å². The lowest BCUT2D eigenvalue weighted by Gasteiger charge is -2.34. The van der Waals surface area contributed by atoms with Crippen molar-refractivity contribution in [1.82, 2.24) is 9.80 Å². The molecule has 6 nitrogen and oxygen atoms in total. The fourth-order valence-corrected chi connectivity index (χ4v) is 4.88. The van der Waals surface area contributed by atoms with Gasteiger partial charge in [-0.3, -0.25) is 4.90 Å². The molecule has 0 radical (unpaired) electrons. The second-order valence-corrected chi connectivity index (χ2v) is 9.34. The van der Waals surface area contributed by atoms with E-state index < -0.39 is 5.97 Å². The highest BCUT2D eigenvalue weighted by atomic mass is 35.5. The van der Waals surface area contributed by atoms with Gasteiger partial charge in [-0.2, -0.15) is 0 Å². The molecule has 1 saturated carbocycles. The summed E-state index contributed by atoms with van der Waals surface area (Å²) in [6, 6.07) is 7.75. The topological polar surface area (TPSA) is 65.4 Å². The van der Waals surface area contributed by atoms with Crippen LogP contribution in [0.5, 0.6) is 0 Å². The van der Waals surface area contributed by atoms with Crippen molar-refractivity contribution in [2.75, 3.05) is 13.2 Å². The molecule has 176 valence electrons. The summed E-state index contributed by atoms with van der Waals surface area (Å²) in [7, 11) is 0. The highest BCUT2D eigenvalue weighted by Crippen LogP contribution is 2.39. The monoisotopic (exact) mass is 469 g/mol. The number of fused-ring (bicyclic) bond motifs is 1. The number of carboxylic acids is 1. The second kappa shape index (κ2) is 10.6. The number of guanidine groups is 1. The van der Waals surface area contributed by atoms with Crippen molar-refractivity contribution in [3.05, 3.63) is 65.1 Å². The SMILES string of the molecule is C=C1C=C(c2ccc(Cl)cc2)N=C2N1C=C(C1CCC(OCC(=O)O)CC1)N2CCCCC. The molecule has 1 N–H and O–H groups in total. The number of hydrogen-bond donors (Lipinski definition) is 1. The summed E-state index contributed by atoms with van der Waals surface area (Å²) in [6.45, 7) is 7.23. The summed E-state index contributed by atoms with van der Waals surface area (Å²) < 4.78 is 5.55. The largest absolute Gasteiger partial charge is 0.480 e. The Morgan fingerprint density at radius 3 is 2.61 bits per heavy atom. The van der Waals surface area contributed by atoms with Crippen LogP contribution >= 0.6 is 11.6 Å². The molecule has 2 heterocycles. The van der Waals surface area contributed by atoms with Crippen molar-refractivity contribution < 1.29 is 14.6 Å². The maximum absolute atomic E-state index is 10.8. The number of nitrogens with zero attached hydrogens (tertiary/aromatic N) is 3. The first-order chi connectivity index (χ1) is 16.0. The molecule has 2 aliphatic heterocycles. The van der Waals surface area contributed by atoms with Gasteiger partial charge in [-0.05, 0) is 50.3 Å². The average molecular weight is 470 g/mol. The van der Waals surface area contributed by atoms with Gasteiger partial charge in [0, 0.05) is 40.6 Å². The van der Waals surface area contributed by atoms with E-state index >= 15 is 0 Å². The third kappa shape index (κ3) is 5.50. The fraction of sp³-hybridized carbons (Fsp3) is 0.462. The van der Waals surface area contributed by atoms with Gasteiger partial charge < -0.3 is 14.7 Å². The van der Waals surface area contributed by atoms with Gasteiger partial charge in [0.05, 0.1) is 11.8 Å². The number of carboxylic acid groups (broad SMARTS) is 1. The molecule has 0 atom stereocenters. The van der Waals surface area contributed by atoms with E-state index in [9.17, 15) is 4.79 Å². The predicted molar refractivity (Wildman–Crippen MR) is 131 cm³/mol. The number of aliphatic imine (C=N–C) groups is 1. The number of hydrogen-bond acceptors (Lipinski definition) is 5. The van der Waals surface area contributed by atoms with Crippen LogP contribution in [0.25, 0.3) is 5.70 Å². The van der Waals surface area contributed by atoms with E-state index in [1.807, 2.05) is 30.3 Å². The lowest BCUT2D eigenvalue weighted by Crippen LogP contribution is -2.38. The number of aliphatic carboxylic acids is 1. The van der Waals surface area contributed by atoms with Gasteiger partial charge in [0.1, 0.15) is 6.61 Å². The van der Waals surface area contributed by atoms with Crippen molar-refractivity contribution in [2.24, 2.45) is 10.9 Å². The van der Waals surface area contributed by atoms with E-state index in [1.54, 1.807) is 0 Å². The molecular formula is C26H32ClN3O3. The normalized spacial score (nSPS) is 22.6. The number of benzene rings is 1. The van der Waals surface area contributed by atoms with E-state index in [0.29, 0.717) is 10.9 Å². The molecule has 0 aromatic heterocycles. The van der Waals surface area contributed by atoms with Gasteiger partial charge in [0.25, 0.3) is 0 Å². The van der Waals surface area contributed by atoms with Crippen LogP contribution in [0.3, 0.4) is 0 Å². The highest BCUT2D eigenvalue weighted by Gasteiger charge is 2.37. The second-order valence-electron chi connectivity index (χ2n) is 8.90. The first kappa shape index (κ1) is 23.6. The molecule has 0 bridgehead atoms. The number of halogens is 1. The zero-order chi connectivity index (χ0) is 23.4. The fourth-order valence-electron chi connectivity index (χ4n) is 4.76. The van der Waals surface area contributed by atoms with E-state index in [0.717, 1.165) is 68.0 Å². The number of rotatable bonds is 9. The Morgan fingerprint density at radius 2 is 1.94 bits per heavy atom. The zero-order valence-electron chi connectivity index (χ0n) is 19.2. The van der Waals surface area contributed by atoms with Crippen LogP contribution in [0.2, 0.25) is 5.02 Å². The summed E-state index contributed by atoms with van der Waals surface area (Å²) in [6.07, 6.45) is 11.4. The Balaban J connectivity index is 1.53. The van der Waals surface area contributed by atoms with Gasteiger partial charge in [-0.15, -0.1) is 0 Å². The van der Waals surface area contributed by atoms with Gasteiger partial charge in [0.2, 0.25) is 5.96 Å². The van der Waals surface area contributed by atoms with Crippen LogP contribution in [-0.2, 0) is 9.53 Å². The first-order valence-electron chi connectivity index (χ1n) is 11.8. The van der Waals surface area contributed by atoms with Gasteiger partial charge in [-0.1, -0.05) is 50.1 Å². The summed E-state index contributed by atoms with van der Waals surface area (Å²) in [4.78, 5) is 20.3. The van der Waals surface area contributed by atoms with Crippen molar-refractivity contribution in [1.29, 1.82) is 0 Å². The molecule has 1 aliphatic carbocycles. The van der Waals surface area contributed by atoms with Crippen molar-refractivity contribution in [2.45, 2.75) is 58.0 Å². The number of unbranched alkanes of at least 4 members (excludes halogenated alkanes) is 2. The van der Waals surface area contributed by atoms with E-state index in [2.05, 4.69) is 29.5 Å². The summed E-state index contributed by atoms with van der Waals surface area (Å²) in [5.74, 6) is 0.411. The molecule has 4 rings (SSSR count). The van der Waals surface area contributed by atoms with Crippen molar-refractivity contribution >= 4 is 29.2 Å². The van der Waals surface area contributed by atoms with Crippen LogP contribution in [0.4, 0.5) is 0 Å². The average Bonchev–Trinajstić information content (AvgIpc) is 3.18. The Bertz CT molecular complexity index is 975. The standard InChI is InChI=1S/C26H32ClN3O3/c1-3-4-5-14-29-24(20-8-12-22(13-9-20)33-17-25(31)32)16-30-18(2)15-23(28-26(29)30)19-6-10-21(27)11-7-19/h6-7,10-11,15-16,20,22H,2-5,8-9,12-14,17H2,1H3,(H,31,32). The Hall–Kier alpha value is -2.57. The van der Waals surface area contributed by atoms with Crippen molar-refractivity contribution in [3.8, 4) is 0 Å². The van der Waals surface area contributed by atoms with E-state index in [4.69, 9.17) is 26.4 Å². The Kier molecular flexibility index (Phi) is 7.56. The third-order valence-electron chi connectivity index (χ3n) is 6.52. The van der Waals surface area contributed by atoms with Crippen LogP contribution in [-0.4, -0.2) is 46.1 Å². The number of allylic oxidation sites excluding steroid dienone is 2. The predicted octanol–water partition coefficient (Wildman–Crippen LogP) is 5.87. The molecule has 0 saturated heterocycles. The molecular weight excluding hydrogens is 438 g/mol. The Labute approximate surface area is 200 Å². The minimum absolute atomic E-state index is 0.0287. The van der Waals surface area contributed by atoms with Gasteiger partial charge >= 0.3 is 5.97 Å². The van der Waals surface area contributed by atoms with Gasteiger partial charge in [-0.25, -0.2) is 9.79 Å². The molecule has 7 heteroatoms. The first-order valence-corrected chi connectivity index (χ1v) is 12.2. The number of carbonyl (C=O) groups is 1. The maximum atomic E-state index is 10.8. The molecule has 1 fully saturated rings. The lowest BCUT2D eigenvalue weighted by atomic mass is 9.85. The minimum atomic E-state index is -0.907. The van der Waals surface area contributed by atoms with Crippen LogP contribution < -0.4 is 0 Å². The van der Waals surface area contributed by atoms with Gasteiger partial charge in [0.15, 0.2) is 0 Å². The van der Waals surface area contributed by atoms with Crippen molar-refractivity contribution in [3.63, 3.8) is 0 Å². The molecule has 3 aliphatic rings. The van der Waals surface area contributed by atoms with Crippen LogP contribution in [0, 0.1) is 5.92 Å². The third-order valence-corrected chi connectivity index (χ3v) is 6.78. The van der Waals surface area contributed by atoms with Crippen LogP contribution in [0.1, 0.15) is 57.4 Å². The maximum Gasteiger partial charge on any atom is 0.329 e. The molecule has 33 heavy (non-hydrogen) atoms.